The first-order chi connectivity index (χ1) is 21.2. The lowest BCUT2D eigenvalue weighted by molar-refractivity contribution is 0.0690. The minimum atomic E-state index is -1.07. The van der Waals surface area contributed by atoms with Crippen LogP contribution in [0.25, 0.3) is 72.3 Å². The fourth-order valence-electron chi connectivity index (χ4n) is 5.97. The van der Waals surface area contributed by atoms with Crippen molar-refractivity contribution >= 4 is 38.8 Å². The minimum absolute atomic E-state index is 0.00688. The molecule has 204 valence electrons. The predicted octanol–water partition coefficient (Wildman–Crippen LogP) is 8.75. The van der Waals surface area contributed by atoms with Gasteiger partial charge in [0, 0.05) is 33.1 Å². The monoisotopic (exact) mass is 556 g/mol. The molecule has 0 spiro atoms. The number of rotatable bonds is 5. The molecule has 0 fully saturated rings. The molecule has 5 aromatic carbocycles. The van der Waals surface area contributed by atoms with Crippen molar-refractivity contribution in [3.05, 3.63) is 139 Å². The van der Waals surface area contributed by atoms with Gasteiger partial charge in [-0.05, 0) is 53.6 Å². The van der Waals surface area contributed by atoms with Gasteiger partial charge in [-0.15, -0.1) is 0 Å². The molecule has 0 aliphatic carbocycles. The van der Waals surface area contributed by atoms with Gasteiger partial charge >= 0.3 is 5.97 Å². The minimum Gasteiger partial charge on any atom is -0.477 e. The molecule has 0 radical (unpaired) electrons. The van der Waals surface area contributed by atoms with Gasteiger partial charge < -0.3 is 10.1 Å². The smallest absolute Gasteiger partial charge is 0.354 e. The van der Waals surface area contributed by atoms with E-state index in [1.165, 1.54) is 6.07 Å². The predicted molar refractivity (Wildman–Crippen MR) is 171 cm³/mol. The number of aromatic amines is 1. The number of pyridine rings is 1. The number of hydrogen-bond acceptors (Lipinski definition) is 3. The van der Waals surface area contributed by atoms with Crippen LogP contribution in [0.15, 0.2) is 133 Å². The van der Waals surface area contributed by atoms with E-state index in [9.17, 15) is 9.90 Å². The summed E-state index contributed by atoms with van der Waals surface area (Å²) >= 11 is 0. The largest absolute Gasteiger partial charge is 0.477 e. The average molecular weight is 557 g/mol. The molecule has 2 N–H and O–H groups in total. The van der Waals surface area contributed by atoms with E-state index in [1.54, 1.807) is 6.07 Å². The van der Waals surface area contributed by atoms with E-state index in [0.29, 0.717) is 5.69 Å². The molecule has 0 amide bonds. The van der Waals surface area contributed by atoms with E-state index in [0.717, 1.165) is 66.6 Å². The van der Waals surface area contributed by atoms with Gasteiger partial charge in [0.25, 0.3) is 0 Å². The van der Waals surface area contributed by atoms with Crippen LogP contribution in [0.4, 0.5) is 0 Å². The number of hydrogen-bond donors (Lipinski definition) is 2. The van der Waals surface area contributed by atoms with Crippen LogP contribution in [0.2, 0.25) is 0 Å². The standard InChI is InChI=1S/C37H24N4O2/c42-37(43)32-20-9-19-31(38-32)28-16-8-21-33-35(28)40-36(29-17-7-15-27-26-14-4-5-18-30(26)39-34(27)29)41(33)25-13-6-12-24(22-25)23-10-2-1-3-11-23/h1-22,39H,(H,42,43). The Morgan fingerprint density at radius 1 is 0.651 bits per heavy atom. The highest BCUT2D eigenvalue weighted by molar-refractivity contribution is 6.12. The van der Waals surface area contributed by atoms with Gasteiger partial charge in [-0.2, -0.15) is 0 Å². The zero-order valence-corrected chi connectivity index (χ0v) is 22.9. The molecule has 0 unspecified atom stereocenters. The summed E-state index contributed by atoms with van der Waals surface area (Å²) < 4.78 is 2.19. The van der Waals surface area contributed by atoms with E-state index in [2.05, 4.69) is 93.4 Å². The van der Waals surface area contributed by atoms with Crippen LogP contribution in [0.5, 0.6) is 0 Å². The maximum absolute atomic E-state index is 11.7. The van der Waals surface area contributed by atoms with Crippen LogP contribution in [0.1, 0.15) is 10.5 Å². The first-order valence-electron chi connectivity index (χ1n) is 14.0. The highest BCUT2D eigenvalue weighted by Gasteiger charge is 2.21. The lowest BCUT2D eigenvalue weighted by Crippen LogP contribution is -2.00. The molecule has 0 saturated heterocycles. The van der Waals surface area contributed by atoms with Crippen LogP contribution in [0, 0.1) is 0 Å². The van der Waals surface area contributed by atoms with E-state index < -0.39 is 5.97 Å². The number of carbonyl (C=O) groups is 1. The van der Waals surface area contributed by atoms with Crippen molar-refractivity contribution < 1.29 is 9.90 Å². The lowest BCUT2D eigenvalue weighted by atomic mass is 10.0. The Hall–Kier alpha value is -6.01. The van der Waals surface area contributed by atoms with E-state index in [-0.39, 0.29) is 5.69 Å². The summed E-state index contributed by atoms with van der Waals surface area (Å²) in [7, 11) is 0. The van der Waals surface area contributed by atoms with Gasteiger partial charge in [0.1, 0.15) is 11.5 Å². The summed E-state index contributed by atoms with van der Waals surface area (Å²) in [5, 5.41) is 11.9. The third-order valence-corrected chi connectivity index (χ3v) is 7.92. The number of para-hydroxylation sites is 3. The van der Waals surface area contributed by atoms with Crippen molar-refractivity contribution in [2.45, 2.75) is 0 Å². The Bertz CT molecular complexity index is 2330. The van der Waals surface area contributed by atoms with Crippen LogP contribution in [-0.4, -0.2) is 30.6 Å². The first-order valence-corrected chi connectivity index (χ1v) is 14.0. The number of nitrogens with one attached hydrogen (secondary N) is 1. The average Bonchev–Trinajstić information content (AvgIpc) is 3.64. The van der Waals surface area contributed by atoms with Crippen molar-refractivity contribution in [1.82, 2.24) is 19.5 Å². The highest BCUT2D eigenvalue weighted by Crippen LogP contribution is 2.38. The molecule has 6 nitrogen and oxygen atoms in total. The normalized spacial score (nSPS) is 11.4. The van der Waals surface area contributed by atoms with Crippen LogP contribution < -0.4 is 0 Å². The van der Waals surface area contributed by atoms with Crippen LogP contribution >= 0.6 is 0 Å². The number of fused-ring (bicyclic) bond motifs is 4. The second-order valence-corrected chi connectivity index (χ2v) is 10.5. The Morgan fingerprint density at radius 3 is 2.26 bits per heavy atom. The fourth-order valence-corrected chi connectivity index (χ4v) is 5.97. The molecule has 0 bridgehead atoms. The number of carboxylic acid groups (broad SMARTS) is 1. The number of carboxylic acids is 1. The molecule has 0 aliphatic rings. The molecule has 43 heavy (non-hydrogen) atoms. The second kappa shape index (κ2) is 9.82. The third-order valence-electron chi connectivity index (χ3n) is 7.92. The molecule has 0 atom stereocenters. The van der Waals surface area contributed by atoms with Crippen molar-refractivity contribution in [2.24, 2.45) is 0 Å². The topological polar surface area (TPSA) is 83.8 Å². The Kier molecular flexibility index (Phi) is 5.65. The van der Waals surface area contributed by atoms with Gasteiger partial charge in [0.2, 0.25) is 0 Å². The van der Waals surface area contributed by atoms with E-state index in [1.807, 2.05) is 42.5 Å². The number of benzene rings is 5. The van der Waals surface area contributed by atoms with Gasteiger partial charge in [0.05, 0.1) is 22.2 Å². The molecule has 8 rings (SSSR count). The Balaban J connectivity index is 1.44. The number of imidazole rings is 1. The summed E-state index contributed by atoms with van der Waals surface area (Å²) in [6.07, 6.45) is 0. The van der Waals surface area contributed by atoms with Crippen molar-refractivity contribution in [3.63, 3.8) is 0 Å². The van der Waals surface area contributed by atoms with E-state index in [4.69, 9.17) is 4.98 Å². The second-order valence-electron chi connectivity index (χ2n) is 10.5. The summed E-state index contributed by atoms with van der Waals surface area (Å²) in [4.78, 5) is 25.1. The van der Waals surface area contributed by atoms with Crippen molar-refractivity contribution in [1.29, 1.82) is 0 Å². The zero-order valence-electron chi connectivity index (χ0n) is 22.9. The molecule has 6 heteroatoms. The number of aromatic carboxylic acids is 1. The Labute approximate surface area is 246 Å². The van der Waals surface area contributed by atoms with Gasteiger partial charge in [-0.1, -0.05) is 91.0 Å². The summed E-state index contributed by atoms with van der Waals surface area (Å²) in [5.74, 6) is -0.289. The summed E-state index contributed by atoms with van der Waals surface area (Å²) in [5.41, 5.74) is 9.19. The van der Waals surface area contributed by atoms with Gasteiger partial charge in [-0.25, -0.2) is 14.8 Å². The molecule has 3 aromatic heterocycles. The highest BCUT2D eigenvalue weighted by atomic mass is 16.4. The number of H-pyrrole nitrogens is 1. The zero-order chi connectivity index (χ0) is 28.9. The molecule has 0 saturated carbocycles. The molecular formula is C37H24N4O2. The van der Waals surface area contributed by atoms with E-state index >= 15 is 0 Å². The van der Waals surface area contributed by atoms with Crippen molar-refractivity contribution in [3.8, 4) is 39.5 Å². The first kappa shape index (κ1) is 24.8. The summed E-state index contributed by atoms with van der Waals surface area (Å²) in [6.45, 7) is 0. The van der Waals surface area contributed by atoms with Gasteiger partial charge in [-0.3, -0.25) is 4.57 Å². The molecule has 3 heterocycles. The maximum atomic E-state index is 11.7. The molecule has 8 aromatic rings. The molecular weight excluding hydrogens is 532 g/mol. The maximum Gasteiger partial charge on any atom is 0.354 e. The van der Waals surface area contributed by atoms with Crippen LogP contribution in [0.3, 0.4) is 0 Å². The molecule has 0 aliphatic heterocycles. The third kappa shape index (κ3) is 4.08. The van der Waals surface area contributed by atoms with Crippen molar-refractivity contribution in [2.75, 3.05) is 0 Å². The Morgan fingerprint density at radius 2 is 1.37 bits per heavy atom. The quantitative estimate of drug-likeness (QED) is 0.222. The summed E-state index contributed by atoms with van der Waals surface area (Å²) in [6, 6.07) is 44.4. The van der Waals surface area contributed by atoms with Gasteiger partial charge in [0.15, 0.2) is 0 Å². The van der Waals surface area contributed by atoms with Crippen LogP contribution in [-0.2, 0) is 0 Å². The number of aromatic nitrogens is 4. The number of nitrogens with zero attached hydrogens (tertiary/aromatic N) is 3. The fraction of sp³-hybridized carbons (Fsp3) is 0. The lowest BCUT2D eigenvalue weighted by Gasteiger charge is -2.12. The SMILES string of the molecule is O=C(O)c1cccc(-c2cccc3c2nc(-c2cccc4c2[nH]c2ccccc24)n3-c2cccc(-c3ccccc3)c2)n1.